The first-order valence-electron chi connectivity index (χ1n) is 24.9. The average Bonchev–Trinajstić information content (AvgIpc) is 2.98. The summed E-state index contributed by atoms with van der Waals surface area (Å²) in [6.45, 7) is 59.3. The van der Waals surface area contributed by atoms with Crippen LogP contribution in [0.15, 0.2) is 0 Å². The molecule has 0 aromatic carbocycles. The lowest BCUT2D eigenvalue weighted by Crippen LogP contribution is -2.56. The molecule has 3 atom stereocenters. The van der Waals surface area contributed by atoms with E-state index in [2.05, 4.69) is 177 Å². The smallest absolute Gasteiger partial charge is 0.312 e. The third-order valence-corrected chi connectivity index (χ3v) is 51.8. The normalized spacial score (nSPS) is 16.4. The minimum Gasteiger partial charge on any atom is -0.437 e. The first-order valence-corrected chi connectivity index (χ1v) is 61.4. The molecule has 0 saturated carbocycles. The number of hydrogen-bond acceptors (Lipinski definition) is 14. The van der Waals surface area contributed by atoms with Crippen LogP contribution in [0.4, 0.5) is 0 Å². The van der Waals surface area contributed by atoms with Crippen LogP contribution in [0.3, 0.4) is 0 Å². The first kappa shape index (κ1) is 69.0. The Morgan fingerprint density at radius 1 is 0.284 bits per heavy atom. The van der Waals surface area contributed by atoms with Gasteiger partial charge < -0.3 is 61.5 Å². The van der Waals surface area contributed by atoms with Gasteiger partial charge in [-0.15, -0.1) is 0 Å². The van der Waals surface area contributed by atoms with Gasteiger partial charge in [0.15, 0.2) is 49.9 Å². The molecule has 0 spiro atoms. The van der Waals surface area contributed by atoms with Gasteiger partial charge in [0.25, 0.3) is 0 Å². The van der Waals surface area contributed by atoms with Gasteiger partial charge in [0.1, 0.15) is 18.3 Å². The van der Waals surface area contributed by atoms with Crippen LogP contribution in [0, 0.1) is 0 Å². The second-order valence-electron chi connectivity index (χ2n) is 25.8. The molecule has 0 aliphatic rings. The van der Waals surface area contributed by atoms with E-state index >= 15 is 0 Å². The van der Waals surface area contributed by atoms with Crippen molar-refractivity contribution in [2.75, 3.05) is 33.0 Å². The lowest BCUT2D eigenvalue weighted by atomic mass is 10.1. The third kappa shape index (κ3) is 35.0. The molecular formula is C41H108O14Si12. The summed E-state index contributed by atoms with van der Waals surface area (Å²) in [5.74, 6) is 0. The molecular weight excluding hydrogens is 1050 g/mol. The Kier molecular flexibility index (Phi) is 28.0. The quantitative estimate of drug-likeness (QED) is 0.0448. The zero-order valence-electron chi connectivity index (χ0n) is 48.3. The van der Waals surface area contributed by atoms with E-state index in [4.69, 9.17) is 51.2 Å². The Balaban J connectivity index is 5.99. The van der Waals surface area contributed by atoms with E-state index in [-0.39, 0.29) is 13.2 Å². The van der Waals surface area contributed by atoms with Crippen LogP contribution >= 0.6 is 0 Å². The molecule has 0 aromatic rings. The average molecular weight is 1160 g/mol. The molecule has 0 rings (SSSR count). The van der Waals surface area contributed by atoms with E-state index in [1.54, 1.807) is 0 Å². The Morgan fingerprint density at radius 3 is 0.701 bits per heavy atom. The molecule has 404 valence electrons. The summed E-state index contributed by atoms with van der Waals surface area (Å²) < 4.78 is 79.5. The highest BCUT2D eigenvalue weighted by atomic mass is 28.5. The van der Waals surface area contributed by atoms with Crippen LogP contribution in [0.25, 0.3) is 0 Å². The van der Waals surface area contributed by atoms with E-state index in [1.165, 1.54) is 0 Å². The van der Waals surface area contributed by atoms with Crippen LogP contribution in [-0.4, -0.2) is 163 Å². The van der Waals surface area contributed by atoms with Crippen LogP contribution in [0.1, 0.15) is 19.3 Å². The van der Waals surface area contributed by atoms with E-state index < -0.39 is 120 Å². The lowest BCUT2D eigenvalue weighted by Gasteiger charge is -2.40. The van der Waals surface area contributed by atoms with E-state index in [0.717, 1.165) is 37.4 Å². The molecule has 0 aromatic heterocycles. The predicted molar refractivity (Wildman–Crippen MR) is 309 cm³/mol. The Morgan fingerprint density at radius 2 is 0.493 bits per heavy atom. The maximum absolute atomic E-state index is 10.8. The van der Waals surface area contributed by atoms with Gasteiger partial charge in [-0.25, -0.2) is 0 Å². The van der Waals surface area contributed by atoms with Crippen molar-refractivity contribution in [3.63, 3.8) is 0 Å². The highest BCUT2D eigenvalue weighted by Gasteiger charge is 2.45. The van der Waals surface area contributed by atoms with E-state index in [0.29, 0.717) is 19.8 Å². The maximum atomic E-state index is 10.8. The molecule has 0 fully saturated rings. The Bertz CT molecular complexity index is 1350. The molecule has 0 bridgehead atoms. The Hall–Kier alpha value is 2.04. The lowest BCUT2D eigenvalue weighted by molar-refractivity contribution is -0.159. The number of aliphatic hydroxyl groups excluding tert-OH is 2. The fraction of sp³-hybridized carbons (Fsp3) is 1.00. The fourth-order valence-electron chi connectivity index (χ4n) is 9.40. The number of ether oxygens (including phenoxy) is 3. The second kappa shape index (κ2) is 27.2. The van der Waals surface area contributed by atoms with Crippen LogP contribution in [0.2, 0.25) is 195 Å². The van der Waals surface area contributed by atoms with Gasteiger partial charge in [-0.3, -0.25) is 0 Å². The minimum absolute atomic E-state index is 0.277. The maximum Gasteiger partial charge on any atom is 0.312 e. The largest absolute Gasteiger partial charge is 0.437 e. The molecule has 14 nitrogen and oxygen atoms in total. The zero-order valence-corrected chi connectivity index (χ0v) is 60.3. The molecule has 0 radical (unpaired) electrons. The molecule has 0 saturated heterocycles. The summed E-state index contributed by atoms with van der Waals surface area (Å²) in [4.78, 5) is 0. The fourth-order valence-corrected chi connectivity index (χ4v) is 64.7. The van der Waals surface area contributed by atoms with Crippen molar-refractivity contribution in [1.29, 1.82) is 0 Å². The summed E-state index contributed by atoms with van der Waals surface area (Å²) in [5, 5.41) is 21.6. The van der Waals surface area contributed by atoms with Crippen LogP contribution in [0.5, 0.6) is 0 Å². The molecule has 2 N–H and O–H groups in total. The van der Waals surface area contributed by atoms with Crippen LogP contribution in [-0.2, 0) is 51.2 Å². The summed E-state index contributed by atoms with van der Waals surface area (Å²) >= 11 is 0. The Labute approximate surface area is 425 Å². The van der Waals surface area contributed by atoms with Crippen molar-refractivity contribution in [2.45, 2.75) is 232 Å². The molecule has 26 heteroatoms. The monoisotopic (exact) mass is 1160 g/mol. The topological polar surface area (TPSA) is 151 Å². The first-order chi connectivity index (χ1) is 29.5. The molecule has 0 aliphatic heterocycles. The third-order valence-electron chi connectivity index (χ3n) is 9.53. The van der Waals surface area contributed by atoms with Gasteiger partial charge >= 0.3 is 51.4 Å². The molecule has 0 amide bonds. The minimum atomic E-state index is -2.49. The van der Waals surface area contributed by atoms with Crippen LogP contribution < -0.4 is 0 Å². The SMILES string of the molecule is C[Si](C)(C)O[Si](C)(C)O[Si](C)(C)O[Si](C)(C)CCCOC([C@H](CO)OCCC[Si](C)(C)O[Si](C)(C)O[Si](C)(C)O[Si](C)(C)C)[C@@H](CO)OCCC[Si](C)(C)O[Si](C)(C)O[Si](C)(C)O[Si](C)(C)C. The highest BCUT2D eigenvalue weighted by Crippen LogP contribution is 2.30. The van der Waals surface area contributed by atoms with Crippen molar-refractivity contribution in [3.8, 4) is 0 Å². The van der Waals surface area contributed by atoms with Gasteiger partial charge in [-0.1, -0.05) is 0 Å². The molecule has 1 unspecified atom stereocenters. The van der Waals surface area contributed by atoms with Crippen molar-refractivity contribution in [3.05, 3.63) is 0 Å². The van der Waals surface area contributed by atoms with Crippen molar-refractivity contribution >= 4 is 101 Å². The summed E-state index contributed by atoms with van der Waals surface area (Å²) in [6, 6.07) is 2.57. The van der Waals surface area contributed by atoms with Gasteiger partial charge in [0.05, 0.1) is 13.2 Å². The number of hydrogen-bond donors (Lipinski definition) is 2. The van der Waals surface area contributed by atoms with Crippen molar-refractivity contribution < 1.29 is 61.5 Å². The van der Waals surface area contributed by atoms with Crippen molar-refractivity contribution in [2.24, 2.45) is 0 Å². The zero-order chi connectivity index (χ0) is 53.0. The van der Waals surface area contributed by atoms with Crippen molar-refractivity contribution in [1.82, 2.24) is 0 Å². The number of aliphatic hydroxyl groups is 2. The predicted octanol–water partition coefficient (Wildman–Crippen LogP) is 11.8. The van der Waals surface area contributed by atoms with Gasteiger partial charge in [-0.2, -0.15) is 0 Å². The standard InChI is InChI=1S/C41H108O14Si12/c1-56(2,3)47-62(16,17)53-65(22,23)50-59(10,11)34-28-31-44-39(37-42)41(46-33-30-36-61(14,15)52-67(26,27)55-64(20,21)49-58(7,8)9)40(38-43)45-32-29-35-60(12,13)51-66(24,25)54-63(18,19)48-57(4,5)6/h39-43H,28-38H2,1-27H3/t39-,40+,41?. The van der Waals surface area contributed by atoms with E-state index in [1.807, 2.05) is 0 Å². The molecule has 67 heavy (non-hydrogen) atoms. The number of rotatable bonds is 37. The van der Waals surface area contributed by atoms with Gasteiger partial charge in [-0.05, 0) is 214 Å². The second-order valence-corrected chi connectivity index (χ2v) is 74.6. The summed E-state index contributed by atoms with van der Waals surface area (Å²) in [5.41, 5.74) is 0. The molecule has 0 heterocycles. The van der Waals surface area contributed by atoms with Gasteiger partial charge in [0, 0.05) is 19.8 Å². The highest BCUT2D eigenvalue weighted by molar-refractivity contribution is 6.91. The summed E-state index contributed by atoms with van der Waals surface area (Å²) in [6.07, 6.45) is 0.139. The molecule has 0 aliphatic carbocycles. The summed E-state index contributed by atoms with van der Waals surface area (Å²) in [7, 11) is -26.3. The van der Waals surface area contributed by atoms with E-state index in [9.17, 15) is 10.2 Å². The van der Waals surface area contributed by atoms with Gasteiger partial charge in [0.2, 0.25) is 0 Å².